The average Bonchev–Trinajstić information content (AvgIpc) is 2.18. The van der Waals surface area contributed by atoms with Crippen LogP contribution in [0.15, 0.2) is 0 Å². The van der Waals surface area contributed by atoms with Gasteiger partial charge < -0.3 is 14.7 Å². The molecule has 1 saturated heterocycles. The van der Waals surface area contributed by atoms with E-state index in [1.165, 1.54) is 7.11 Å². The zero-order valence-corrected chi connectivity index (χ0v) is 8.81. The maximum Gasteiger partial charge on any atom is 0.317 e. The average molecular weight is 216 g/mol. The Morgan fingerprint density at radius 1 is 1.27 bits per heavy atom. The quantitative estimate of drug-likeness (QED) is 0.643. The molecule has 1 aliphatic heterocycles. The van der Waals surface area contributed by atoms with Crippen molar-refractivity contribution < 1.29 is 19.4 Å². The molecule has 0 aliphatic carbocycles. The van der Waals surface area contributed by atoms with Crippen LogP contribution in [0.3, 0.4) is 0 Å². The van der Waals surface area contributed by atoms with Crippen molar-refractivity contribution in [3.8, 4) is 0 Å². The van der Waals surface area contributed by atoms with Crippen LogP contribution in [-0.2, 0) is 14.3 Å². The van der Waals surface area contributed by atoms with Crippen molar-refractivity contribution >= 4 is 11.9 Å². The van der Waals surface area contributed by atoms with Crippen molar-refractivity contribution in [2.45, 2.75) is 0 Å². The zero-order valence-electron chi connectivity index (χ0n) is 8.81. The van der Waals surface area contributed by atoms with Gasteiger partial charge in [0, 0.05) is 33.3 Å². The predicted molar refractivity (Wildman–Crippen MR) is 52.5 cm³/mol. The summed E-state index contributed by atoms with van der Waals surface area (Å²) in [6, 6.07) is 0. The molecule has 6 nitrogen and oxygen atoms in total. The molecule has 86 valence electrons. The molecule has 1 N–H and O–H groups in total. The van der Waals surface area contributed by atoms with Crippen LogP contribution in [0.1, 0.15) is 0 Å². The van der Waals surface area contributed by atoms with Gasteiger partial charge in [-0.05, 0) is 0 Å². The van der Waals surface area contributed by atoms with E-state index in [1.54, 1.807) is 4.90 Å². The number of hydrogen-bond donors (Lipinski definition) is 1. The summed E-state index contributed by atoms with van der Waals surface area (Å²) in [6.45, 7) is 2.53. The molecule has 0 aromatic carbocycles. The third kappa shape index (κ3) is 3.85. The Labute approximate surface area is 88.4 Å². The summed E-state index contributed by atoms with van der Waals surface area (Å²) >= 11 is 0. The number of carboxylic acid groups (broad SMARTS) is 1. The number of methoxy groups -OCH3 is 1. The zero-order chi connectivity index (χ0) is 11.3. The second-order valence-corrected chi connectivity index (χ2v) is 3.48. The number of aliphatic carboxylic acids is 1. The molecule has 0 radical (unpaired) electrons. The molecule has 0 atom stereocenters. The molecule has 0 unspecified atom stereocenters. The smallest absolute Gasteiger partial charge is 0.317 e. The summed E-state index contributed by atoms with van der Waals surface area (Å²) in [4.78, 5) is 25.4. The van der Waals surface area contributed by atoms with E-state index in [0.717, 1.165) is 0 Å². The molecule has 1 rings (SSSR count). The van der Waals surface area contributed by atoms with E-state index in [-0.39, 0.29) is 19.1 Å². The molecular weight excluding hydrogens is 200 g/mol. The van der Waals surface area contributed by atoms with Gasteiger partial charge in [-0.25, -0.2) is 0 Å². The lowest BCUT2D eigenvalue weighted by Crippen LogP contribution is -2.50. The van der Waals surface area contributed by atoms with E-state index in [1.807, 2.05) is 4.90 Å². The van der Waals surface area contributed by atoms with Crippen molar-refractivity contribution in [1.29, 1.82) is 0 Å². The van der Waals surface area contributed by atoms with Crippen molar-refractivity contribution in [3.63, 3.8) is 0 Å². The van der Waals surface area contributed by atoms with Gasteiger partial charge in [0.2, 0.25) is 5.91 Å². The molecule has 0 aromatic rings. The van der Waals surface area contributed by atoms with Gasteiger partial charge in [-0.1, -0.05) is 0 Å². The van der Waals surface area contributed by atoms with Crippen LogP contribution in [0, 0.1) is 0 Å². The van der Waals surface area contributed by atoms with Crippen LogP contribution in [0.4, 0.5) is 0 Å². The normalized spacial score (nSPS) is 17.8. The number of piperazine rings is 1. The Kier molecular flexibility index (Phi) is 4.51. The highest BCUT2D eigenvalue weighted by atomic mass is 16.5. The van der Waals surface area contributed by atoms with Gasteiger partial charge >= 0.3 is 5.97 Å². The van der Waals surface area contributed by atoms with Crippen molar-refractivity contribution in [1.82, 2.24) is 9.80 Å². The molecule has 1 heterocycles. The maximum atomic E-state index is 11.4. The molecule has 1 fully saturated rings. The molecule has 0 saturated carbocycles. The minimum Gasteiger partial charge on any atom is -0.480 e. The monoisotopic (exact) mass is 216 g/mol. The molecular formula is C9H16N2O4. The maximum absolute atomic E-state index is 11.4. The summed E-state index contributed by atoms with van der Waals surface area (Å²) in [5.74, 6) is -0.862. The van der Waals surface area contributed by atoms with Crippen molar-refractivity contribution in [2.24, 2.45) is 0 Å². The fraction of sp³-hybridized carbons (Fsp3) is 0.778. The fourth-order valence-corrected chi connectivity index (χ4v) is 1.56. The Balaban J connectivity index is 2.29. The van der Waals surface area contributed by atoms with Crippen LogP contribution >= 0.6 is 0 Å². The van der Waals surface area contributed by atoms with Crippen LogP contribution in [0.5, 0.6) is 0 Å². The first-order valence-electron chi connectivity index (χ1n) is 4.84. The van der Waals surface area contributed by atoms with Gasteiger partial charge in [-0.15, -0.1) is 0 Å². The molecule has 1 amide bonds. The second-order valence-electron chi connectivity index (χ2n) is 3.48. The number of rotatable bonds is 4. The van der Waals surface area contributed by atoms with E-state index in [0.29, 0.717) is 26.2 Å². The van der Waals surface area contributed by atoms with Crippen molar-refractivity contribution in [2.75, 3.05) is 46.4 Å². The summed E-state index contributed by atoms with van der Waals surface area (Å²) in [7, 11) is 1.48. The SMILES string of the molecule is COCC(=O)N1CCN(CC(=O)O)CC1. The van der Waals surface area contributed by atoms with Crippen LogP contribution in [0.2, 0.25) is 0 Å². The Hall–Kier alpha value is -1.14. The first kappa shape index (κ1) is 11.9. The highest BCUT2D eigenvalue weighted by molar-refractivity contribution is 5.77. The van der Waals surface area contributed by atoms with E-state index < -0.39 is 5.97 Å². The number of amides is 1. The number of ether oxygens (including phenoxy) is 1. The highest BCUT2D eigenvalue weighted by Crippen LogP contribution is 2.01. The summed E-state index contributed by atoms with van der Waals surface area (Å²) in [5, 5.41) is 8.58. The first-order valence-corrected chi connectivity index (χ1v) is 4.84. The van der Waals surface area contributed by atoms with Gasteiger partial charge in [-0.2, -0.15) is 0 Å². The Morgan fingerprint density at radius 2 is 1.87 bits per heavy atom. The largest absolute Gasteiger partial charge is 0.480 e. The van der Waals surface area contributed by atoms with E-state index in [2.05, 4.69) is 0 Å². The minimum atomic E-state index is -0.827. The predicted octanol–water partition coefficient (Wildman–Crippen LogP) is -1.14. The third-order valence-electron chi connectivity index (χ3n) is 2.35. The molecule has 6 heteroatoms. The number of hydrogen-bond acceptors (Lipinski definition) is 4. The van der Waals surface area contributed by atoms with Gasteiger partial charge in [0.1, 0.15) is 6.61 Å². The minimum absolute atomic E-state index is 0.0347. The highest BCUT2D eigenvalue weighted by Gasteiger charge is 2.21. The first-order chi connectivity index (χ1) is 7.13. The number of nitrogens with zero attached hydrogens (tertiary/aromatic N) is 2. The van der Waals surface area contributed by atoms with Gasteiger partial charge in [0.15, 0.2) is 0 Å². The van der Waals surface area contributed by atoms with Gasteiger partial charge in [-0.3, -0.25) is 14.5 Å². The summed E-state index contributed by atoms with van der Waals surface area (Å²) < 4.78 is 4.75. The number of carbonyl (C=O) groups excluding carboxylic acids is 1. The lowest BCUT2D eigenvalue weighted by atomic mass is 10.3. The molecule has 0 spiro atoms. The molecule has 0 bridgehead atoms. The van der Waals surface area contributed by atoms with E-state index >= 15 is 0 Å². The van der Waals surface area contributed by atoms with Crippen LogP contribution in [0.25, 0.3) is 0 Å². The van der Waals surface area contributed by atoms with Gasteiger partial charge in [0.05, 0.1) is 6.54 Å². The fourth-order valence-electron chi connectivity index (χ4n) is 1.56. The molecule has 15 heavy (non-hydrogen) atoms. The van der Waals surface area contributed by atoms with E-state index in [4.69, 9.17) is 9.84 Å². The summed E-state index contributed by atoms with van der Waals surface area (Å²) in [6.07, 6.45) is 0. The van der Waals surface area contributed by atoms with Crippen LogP contribution < -0.4 is 0 Å². The lowest BCUT2D eigenvalue weighted by molar-refractivity contribution is -0.140. The summed E-state index contributed by atoms with van der Waals surface area (Å²) in [5.41, 5.74) is 0. The standard InChI is InChI=1S/C9H16N2O4/c1-15-7-8(12)11-4-2-10(3-5-11)6-9(13)14/h2-7H2,1H3,(H,13,14). The lowest BCUT2D eigenvalue weighted by Gasteiger charge is -2.33. The Bertz CT molecular complexity index is 236. The number of carbonyl (C=O) groups is 2. The number of carboxylic acids is 1. The van der Waals surface area contributed by atoms with Gasteiger partial charge in [0.25, 0.3) is 0 Å². The van der Waals surface area contributed by atoms with Crippen LogP contribution in [-0.4, -0.2) is 73.2 Å². The molecule has 0 aromatic heterocycles. The molecule has 1 aliphatic rings. The van der Waals surface area contributed by atoms with Crippen molar-refractivity contribution in [3.05, 3.63) is 0 Å². The topological polar surface area (TPSA) is 70.1 Å². The van der Waals surface area contributed by atoms with E-state index in [9.17, 15) is 9.59 Å². The second kappa shape index (κ2) is 5.67. The third-order valence-corrected chi connectivity index (χ3v) is 2.35. The Morgan fingerprint density at radius 3 is 2.33 bits per heavy atom.